The van der Waals surface area contributed by atoms with Gasteiger partial charge < -0.3 is 10.8 Å². The Morgan fingerprint density at radius 1 is 1.54 bits per heavy atom. The van der Waals surface area contributed by atoms with Crippen molar-refractivity contribution >= 4 is 11.8 Å². The summed E-state index contributed by atoms with van der Waals surface area (Å²) in [5.41, 5.74) is 5.15. The van der Waals surface area contributed by atoms with Crippen LogP contribution >= 0.6 is 11.8 Å². The lowest BCUT2D eigenvalue weighted by Crippen LogP contribution is -2.37. The number of hydrogen-bond donors (Lipinski definition) is 2. The number of nitrogens with zero attached hydrogens (tertiary/aromatic N) is 1. The average Bonchev–Trinajstić information content (AvgIpc) is 2.17. The number of aliphatic hydroxyl groups excluding tert-OH is 1. The standard InChI is InChI=1S/C9H18N2OS/c1-2-9(11,8-10)4-3-6-13-7-5-12/h12H,2-7,11H2,1H3. The molecule has 0 rings (SSSR count). The van der Waals surface area contributed by atoms with Crippen molar-refractivity contribution in [3.05, 3.63) is 0 Å². The summed E-state index contributed by atoms with van der Waals surface area (Å²) >= 11 is 1.70. The van der Waals surface area contributed by atoms with Crippen LogP contribution in [0.4, 0.5) is 0 Å². The van der Waals surface area contributed by atoms with Gasteiger partial charge in [-0.2, -0.15) is 17.0 Å². The van der Waals surface area contributed by atoms with E-state index in [0.717, 1.165) is 24.3 Å². The molecule has 3 nitrogen and oxygen atoms in total. The van der Waals surface area contributed by atoms with Crippen LogP contribution < -0.4 is 5.73 Å². The molecule has 0 saturated carbocycles. The zero-order chi connectivity index (χ0) is 10.2. The predicted octanol–water partition coefficient (Wildman–Crippen LogP) is 1.12. The van der Waals surface area contributed by atoms with E-state index in [1.165, 1.54) is 0 Å². The van der Waals surface area contributed by atoms with Crippen LogP contribution in [0.1, 0.15) is 26.2 Å². The van der Waals surface area contributed by atoms with Gasteiger partial charge in [-0.15, -0.1) is 0 Å². The third-order valence-electron chi connectivity index (χ3n) is 2.00. The van der Waals surface area contributed by atoms with Gasteiger partial charge in [0.05, 0.1) is 12.7 Å². The Morgan fingerprint density at radius 2 is 2.23 bits per heavy atom. The Kier molecular flexibility index (Phi) is 7.06. The van der Waals surface area contributed by atoms with Crippen molar-refractivity contribution in [3.63, 3.8) is 0 Å². The van der Waals surface area contributed by atoms with E-state index in [9.17, 15) is 0 Å². The quantitative estimate of drug-likeness (QED) is 0.607. The summed E-state index contributed by atoms with van der Waals surface area (Å²) in [7, 11) is 0. The first-order valence-corrected chi connectivity index (χ1v) is 5.72. The summed E-state index contributed by atoms with van der Waals surface area (Å²) in [5.74, 6) is 1.75. The smallest absolute Gasteiger partial charge is 0.104 e. The number of nitriles is 1. The van der Waals surface area contributed by atoms with Crippen molar-refractivity contribution in [2.24, 2.45) is 5.73 Å². The summed E-state index contributed by atoms with van der Waals surface area (Å²) in [6.07, 6.45) is 2.40. The maximum atomic E-state index is 8.77. The molecule has 0 bridgehead atoms. The van der Waals surface area contributed by atoms with E-state index < -0.39 is 5.54 Å². The molecule has 1 unspecified atom stereocenters. The fourth-order valence-electron chi connectivity index (χ4n) is 0.968. The zero-order valence-corrected chi connectivity index (χ0v) is 8.94. The number of thioether (sulfide) groups is 1. The Labute approximate surface area is 84.3 Å². The van der Waals surface area contributed by atoms with Crippen molar-refractivity contribution in [1.29, 1.82) is 5.26 Å². The molecular formula is C9H18N2OS. The van der Waals surface area contributed by atoms with E-state index in [-0.39, 0.29) is 6.61 Å². The lowest BCUT2D eigenvalue weighted by Gasteiger charge is -2.18. The molecule has 0 aromatic heterocycles. The second kappa shape index (κ2) is 7.19. The van der Waals surface area contributed by atoms with Gasteiger partial charge in [-0.25, -0.2) is 0 Å². The lowest BCUT2D eigenvalue weighted by atomic mass is 9.94. The molecule has 3 N–H and O–H groups in total. The summed E-state index contributed by atoms with van der Waals surface area (Å²) < 4.78 is 0. The SMILES string of the molecule is CCC(N)(C#N)CCCSCCO. The molecule has 0 heterocycles. The van der Waals surface area contributed by atoms with E-state index >= 15 is 0 Å². The molecule has 76 valence electrons. The first kappa shape index (κ1) is 12.8. The van der Waals surface area contributed by atoms with Crippen molar-refractivity contribution in [2.45, 2.75) is 31.7 Å². The molecule has 0 aromatic carbocycles. The van der Waals surface area contributed by atoms with Gasteiger partial charge in [0.1, 0.15) is 5.54 Å². The highest BCUT2D eigenvalue weighted by atomic mass is 32.2. The van der Waals surface area contributed by atoms with E-state index in [1.54, 1.807) is 11.8 Å². The summed E-state index contributed by atoms with van der Waals surface area (Å²) in [5, 5.41) is 17.3. The highest BCUT2D eigenvalue weighted by molar-refractivity contribution is 7.99. The maximum Gasteiger partial charge on any atom is 0.104 e. The summed E-state index contributed by atoms with van der Waals surface area (Å²) in [6.45, 7) is 2.16. The van der Waals surface area contributed by atoms with Crippen LogP contribution in [0.25, 0.3) is 0 Å². The van der Waals surface area contributed by atoms with Crippen LogP contribution in [0.2, 0.25) is 0 Å². The van der Waals surface area contributed by atoms with Crippen LogP contribution in [0.3, 0.4) is 0 Å². The molecule has 0 saturated heterocycles. The van der Waals surface area contributed by atoms with Gasteiger partial charge in [-0.3, -0.25) is 0 Å². The molecule has 0 aliphatic rings. The number of aliphatic hydroxyl groups is 1. The minimum Gasteiger partial charge on any atom is -0.396 e. The van der Waals surface area contributed by atoms with Crippen molar-refractivity contribution < 1.29 is 5.11 Å². The molecule has 0 fully saturated rings. The van der Waals surface area contributed by atoms with Gasteiger partial charge >= 0.3 is 0 Å². The third kappa shape index (κ3) is 5.92. The predicted molar refractivity (Wildman–Crippen MR) is 56.5 cm³/mol. The first-order valence-electron chi connectivity index (χ1n) is 4.57. The van der Waals surface area contributed by atoms with E-state index in [1.807, 2.05) is 6.92 Å². The highest BCUT2D eigenvalue weighted by Gasteiger charge is 2.20. The Hall–Kier alpha value is -0.240. The fraction of sp³-hybridized carbons (Fsp3) is 0.889. The molecule has 1 atom stereocenters. The minimum absolute atomic E-state index is 0.227. The van der Waals surface area contributed by atoms with Crippen LogP contribution in [0.15, 0.2) is 0 Å². The van der Waals surface area contributed by atoms with Gasteiger partial charge in [0.2, 0.25) is 0 Å². The monoisotopic (exact) mass is 202 g/mol. The molecule has 0 amide bonds. The van der Waals surface area contributed by atoms with Crippen LogP contribution in [-0.4, -0.2) is 28.8 Å². The van der Waals surface area contributed by atoms with Crippen molar-refractivity contribution in [3.8, 4) is 6.07 Å². The molecule has 0 radical (unpaired) electrons. The van der Waals surface area contributed by atoms with Crippen molar-refractivity contribution in [2.75, 3.05) is 18.1 Å². The largest absolute Gasteiger partial charge is 0.396 e. The first-order chi connectivity index (χ1) is 6.18. The van der Waals surface area contributed by atoms with Gasteiger partial charge in [0, 0.05) is 5.75 Å². The van der Waals surface area contributed by atoms with Crippen LogP contribution in [-0.2, 0) is 0 Å². The number of hydrogen-bond acceptors (Lipinski definition) is 4. The summed E-state index contributed by atoms with van der Waals surface area (Å²) in [6, 6.07) is 2.14. The van der Waals surface area contributed by atoms with Gasteiger partial charge in [-0.05, 0) is 25.0 Å². The van der Waals surface area contributed by atoms with E-state index in [0.29, 0.717) is 6.42 Å². The molecule has 0 aliphatic carbocycles. The maximum absolute atomic E-state index is 8.77. The Morgan fingerprint density at radius 3 is 2.69 bits per heavy atom. The normalized spacial score (nSPS) is 14.9. The van der Waals surface area contributed by atoms with Crippen LogP contribution in [0.5, 0.6) is 0 Å². The van der Waals surface area contributed by atoms with E-state index in [2.05, 4.69) is 6.07 Å². The molecule has 13 heavy (non-hydrogen) atoms. The minimum atomic E-state index is -0.639. The highest BCUT2D eigenvalue weighted by Crippen LogP contribution is 2.15. The molecular weight excluding hydrogens is 184 g/mol. The number of rotatable bonds is 7. The second-order valence-electron chi connectivity index (χ2n) is 3.06. The third-order valence-corrected chi connectivity index (χ3v) is 3.05. The molecule has 0 aromatic rings. The average molecular weight is 202 g/mol. The topological polar surface area (TPSA) is 70.0 Å². The van der Waals surface area contributed by atoms with E-state index in [4.69, 9.17) is 16.1 Å². The molecule has 0 spiro atoms. The van der Waals surface area contributed by atoms with Crippen molar-refractivity contribution in [1.82, 2.24) is 0 Å². The zero-order valence-electron chi connectivity index (χ0n) is 8.12. The Bertz CT molecular complexity index is 169. The van der Waals surface area contributed by atoms with Gasteiger partial charge in [-0.1, -0.05) is 6.92 Å². The molecule has 4 heteroatoms. The Balaban J connectivity index is 3.46. The molecule has 0 aliphatic heterocycles. The fourth-order valence-corrected chi connectivity index (χ4v) is 1.65. The van der Waals surface area contributed by atoms with Crippen LogP contribution in [0, 0.1) is 11.3 Å². The van der Waals surface area contributed by atoms with Gasteiger partial charge in [0.25, 0.3) is 0 Å². The number of nitrogens with two attached hydrogens (primary N) is 1. The van der Waals surface area contributed by atoms with Gasteiger partial charge in [0.15, 0.2) is 0 Å². The second-order valence-corrected chi connectivity index (χ2v) is 4.29. The lowest BCUT2D eigenvalue weighted by molar-refractivity contribution is 0.322. The summed E-state index contributed by atoms with van der Waals surface area (Å²) in [4.78, 5) is 0.